The molecule has 1 amide bonds. The molecule has 176 valence electrons. The molecule has 0 aliphatic heterocycles. The highest BCUT2D eigenvalue weighted by molar-refractivity contribution is 7.92. The molecule has 0 bridgehead atoms. The third-order valence-corrected chi connectivity index (χ3v) is 7.23. The van der Waals surface area contributed by atoms with Crippen LogP contribution in [0.1, 0.15) is 34.3 Å². The Morgan fingerprint density at radius 2 is 1.68 bits per heavy atom. The second-order valence-corrected chi connectivity index (χ2v) is 10.2. The summed E-state index contributed by atoms with van der Waals surface area (Å²) >= 11 is 0. The molecule has 0 spiro atoms. The lowest BCUT2D eigenvalue weighted by molar-refractivity contribution is -0.124. The first-order valence-corrected chi connectivity index (χ1v) is 12.4. The summed E-state index contributed by atoms with van der Waals surface area (Å²) in [6.45, 7) is 1.89. The van der Waals surface area contributed by atoms with Crippen molar-refractivity contribution < 1.29 is 22.7 Å². The Morgan fingerprint density at radius 1 is 0.941 bits per heavy atom. The van der Waals surface area contributed by atoms with E-state index in [0.717, 1.165) is 18.4 Å². The lowest BCUT2D eigenvalue weighted by atomic mass is 9.96. The normalized spacial score (nSPS) is 14.1. The molecule has 1 aliphatic rings. The monoisotopic (exact) mass is 478 g/mol. The summed E-state index contributed by atoms with van der Waals surface area (Å²) in [6, 6.07) is 22.5. The van der Waals surface area contributed by atoms with Gasteiger partial charge in [0.15, 0.2) is 6.61 Å². The summed E-state index contributed by atoms with van der Waals surface area (Å²) in [7, 11) is -3.90. The van der Waals surface area contributed by atoms with E-state index in [2.05, 4.69) is 10.0 Å². The third kappa shape index (κ3) is 5.63. The summed E-state index contributed by atoms with van der Waals surface area (Å²) in [5, 5.41) is 2.84. The quantitative estimate of drug-likeness (QED) is 0.456. The van der Waals surface area contributed by atoms with Crippen LogP contribution in [0.5, 0.6) is 0 Å². The second-order valence-electron chi connectivity index (χ2n) is 8.50. The number of carbonyl (C=O) groups is 2. The molecule has 0 unspecified atom stereocenters. The van der Waals surface area contributed by atoms with Gasteiger partial charge in [0.1, 0.15) is 0 Å². The smallest absolute Gasteiger partial charge is 0.338 e. The average Bonchev–Trinajstić information content (AvgIpc) is 3.63. The average molecular weight is 479 g/mol. The van der Waals surface area contributed by atoms with E-state index in [1.54, 1.807) is 18.2 Å². The summed E-state index contributed by atoms with van der Waals surface area (Å²) in [4.78, 5) is 24.6. The number of hydrogen-bond donors (Lipinski definition) is 2. The zero-order valence-electron chi connectivity index (χ0n) is 18.8. The minimum Gasteiger partial charge on any atom is -0.452 e. The highest BCUT2D eigenvalue weighted by Gasteiger charge is 2.44. The van der Waals surface area contributed by atoms with Gasteiger partial charge in [-0.3, -0.25) is 9.52 Å². The molecule has 2 N–H and O–H groups in total. The van der Waals surface area contributed by atoms with Gasteiger partial charge in [0.05, 0.1) is 10.5 Å². The number of nitrogens with one attached hydrogen (secondary N) is 2. The minimum atomic E-state index is -3.90. The fraction of sp³-hybridized carbons (Fsp3) is 0.231. The molecular weight excluding hydrogens is 452 g/mol. The number of benzene rings is 3. The van der Waals surface area contributed by atoms with Gasteiger partial charge in [-0.25, -0.2) is 13.2 Å². The van der Waals surface area contributed by atoms with Gasteiger partial charge in [0.25, 0.3) is 15.9 Å². The number of aryl methyl sites for hydroxylation is 1. The molecule has 0 heterocycles. The van der Waals surface area contributed by atoms with E-state index in [-0.39, 0.29) is 15.9 Å². The summed E-state index contributed by atoms with van der Waals surface area (Å²) in [5.74, 6) is -1.17. The van der Waals surface area contributed by atoms with Crippen molar-refractivity contribution in [1.82, 2.24) is 5.32 Å². The SMILES string of the molecule is Cc1cccc(NS(=O)(=O)c2cccc(C(=O)OCC(=O)NCC3(c4ccccc4)CC3)c2)c1. The molecule has 3 aromatic rings. The van der Waals surface area contributed by atoms with Crippen LogP contribution in [0.2, 0.25) is 0 Å². The van der Waals surface area contributed by atoms with Crippen LogP contribution in [-0.2, 0) is 25.0 Å². The lowest BCUT2D eigenvalue weighted by Crippen LogP contribution is -2.35. The molecule has 1 fully saturated rings. The van der Waals surface area contributed by atoms with Gasteiger partial charge in [-0.05, 0) is 61.2 Å². The Balaban J connectivity index is 1.33. The number of amides is 1. The number of carbonyl (C=O) groups excluding carboxylic acids is 2. The highest BCUT2D eigenvalue weighted by atomic mass is 32.2. The van der Waals surface area contributed by atoms with Gasteiger partial charge < -0.3 is 10.1 Å². The molecule has 1 aliphatic carbocycles. The van der Waals surface area contributed by atoms with Gasteiger partial charge >= 0.3 is 5.97 Å². The van der Waals surface area contributed by atoms with Crippen LogP contribution in [0.4, 0.5) is 5.69 Å². The molecule has 0 radical (unpaired) electrons. The third-order valence-electron chi connectivity index (χ3n) is 5.85. The number of hydrogen-bond acceptors (Lipinski definition) is 5. The predicted molar refractivity (Wildman–Crippen MR) is 129 cm³/mol. The largest absolute Gasteiger partial charge is 0.452 e. The maximum Gasteiger partial charge on any atom is 0.338 e. The standard InChI is InChI=1S/C26H26N2O5S/c1-19-7-5-11-22(15-19)28-34(31,32)23-12-6-8-20(16-23)25(30)33-17-24(29)27-18-26(13-14-26)21-9-3-2-4-10-21/h2-12,15-16,28H,13-14,17-18H2,1H3,(H,27,29). The van der Waals surface area contributed by atoms with Crippen molar-refractivity contribution in [3.8, 4) is 0 Å². The number of anilines is 1. The van der Waals surface area contributed by atoms with Crippen LogP contribution in [0.15, 0.2) is 83.8 Å². The van der Waals surface area contributed by atoms with Crippen molar-refractivity contribution in [2.75, 3.05) is 17.9 Å². The number of esters is 1. The van der Waals surface area contributed by atoms with Crippen molar-refractivity contribution in [1.29, 1.82) is 0 Å². The van der Waals surface area contributed by atoms with Crippen LogP contribution in [-0.4, -0.2) is 33.4 Å². The van der Waals surface area contributed by atoms with Gasteiger partial charge in [-0.2, -0.15) is 0 Å². The Kier molecular flexibility index (Phi) is 6.70. The molecule has 7 nitrogen and oxygen atoms in total. The van der Waals surface area contributed by atoms with Crippen molar-refractivity contribution in [2.24, 2.45) is 0 Å². The summed E-state index contributed by atoms with van der Waals surface area (Å²) in [5.41, 5.74) is 2.52. The van der Waals surface area contributed by atoms with Crippen LogP contribution in [0.3, 0.4) is 0 Å². The van der Waals surface area contributed by atoms with Crippen molar-refractivity contribution in [2.45, 2.75) is 30.1 Å². The van der Waals surface area contributed by atoms with Gasteiger partial charge in [0.2, 0.25) is 0 Å². The van der Waals surface area contributed by atoms with E-state index in [1.165, 1.54) is 29.8 Å². The first-order chi connectivity index (χ1) is 16.3. The van der Waals surface area contributed by atoms with E-state index in [1.807, 2.05) is 43.3 Å². The van der Waals surface area contributed by atoms with Gasteiger partial charge in [0, 0.05) is 17.6 Å². The molecular formula is C26H26N2O5S. The maximum absolute atomic E-state index is 12.7. The first-order valence-electron chi connectivity index (χ1n) is 11.0. The molecule has 3 aromatic carbocycles. The maximum atomic E-state index is 12.7. The van der Waals surface area contributed by atoms with E-state index in [4.69, 9.17) is 4.74 Å². The van der Waals surface area contributed by atoms with E-state index >= 15 is 0 Å². The molecule has 0 atom stereocenters. The van der Waals surface area contributed by atoms with Gasteiger partial charge in [-0.15, -0.1) is 0 Å². The summed E-state index contributed by atoms with van der Waals surface area (Å²) in [6.07, 6.45) is 1.99. The topological polar surface area (TPSA) is 102 Å². The second kappa shape index (κ2) is 9.69. The van der Waals surface area contributed by atoms with Crippen molar-refractivity contribution in [3.05, 3.63) is 95.6 Å². The molecule has 4 rings (SSSR count). The fourth-order valence-electron chi connectivity index (χ4n) is 3.76. The van der Waals surface area contributed by atoms with Crippen molar-refractivity contribution in [3.63, 3.8) is 0 Å². The Labute approximate surface area is 199 Å². The van der Waals surface area contributed by atoms with Gasteiger partial charge in [-0.1, -0.05) is 48.5 Å². The zero-order chi connectivity index (χ0) is 24.2. The van der Waals surface area contributed by atoms with Crippen LogP contribution in [0, 0.1) is 6.92 Å². The lowest BCUT2D eigenvalue weighted by Gasteiger charge is -2.16. The number of rotatable bonds is 9. The number of ether oxygens (including phenoxy) is 1. The summed E-state index contributed by atoms with van der Waals surface area (Å²) < 4.78 is 33.1. The Bertz CT molecular complexity index is 1300. The Hall–Kier alpha value is -3.65. The zero-order valence-corrected chi connectivity index (χ0v) is 19.6. The predicted octanol–water partition coefficient (Wildman–Crippen LogP) is 3.80. The number of sulfonamides is 1. The van der Waals surface area contributed by atoms with Crippen LogP contribution < -0.4 is 10.0 Å². The molecule has 0 aromatic heterocycles. The molecule has 1 saturated carbocycles. The van der Waals surface area contributed by atoms with E-state index < -0.39 is 28.5 Å². The first kappa shape index (κ1) is 23.5. The van der Waals surface area contributed by atoms with Crippen LogP contribution >= 0.6 is 0 Å². The minimum absolute atomic E-state index is 0.0443. The molecule has 34 heavy (non-hydrogen) atoms. The van der Waals surface area contributed by atoms with E-state index in [9.17, 15) is 18.0 Å². The van der Waals surface area contributed by atoms with Crippen LogP contribution in [0.25, 0.3) is 0 Å². The van der Waals surface area contributed by atoms with E-state index in [0.29, 0.717) is 12.2 Å². The Morgan fingerprint density at radius 3 is 2.38 bits per heavy atom. The van der Waals surface area contributed by atoms with Crippen molar-refractivity contribution >= 4 is 27.6 Å². The fourth-order valence-corrected chi connectivity index (χ4v) is 4.85. The molecule has 0 saturated heterocycles. The molecule has 8 heteroatoms. The highest BCUT2D eigenvalue weighted by Crippen LogP contribution is 2.47.